The zero-order valence-electron chi connectivity index (χ0n) is 15.4. The zero-order valence-corrected chi connectivity index (χ0v) is 15.4. The van der Waals surface area contributed by atoms with E-state index in [1.165, 1.54) is 44.9 Å². The molecule has 0 radical (unpaired) electrons. The fraction of sp³-hybridized carbons (Fsp3) is 0.500. The van der Waals surface area contributed by atoms with E-state index in [4.69, 9.17) is 0 Å². The first-order valence-electron chi connectivity index (χ1n) is 9.73. The van der Waals surface area contributed by atoms with Crippen LogP contribution in [0.25, 0.3) is 10.8 Å². The standard InChI is InChI=1S/C22H31NO2/c1-2-3-4-5-6-7-8-9-10-17-22(25)23-20-15-11-14-19-18(20)13-12-16-21(19)24/h11-16,24H,2-10,17H2,1H3,(H,23,25). The van der Waals surface area contributed by atoms with Crippen molar-refractivity contribution in [2.24, 2.45) is 0 Å². The topological polar surface area (TPSA) is 49.3 Å². The van der Waals surface area contributed by atoms with Crippen molar-refractivity contribution in [1.29, 1.82) is 0 Å². The van der Waals surface area contributed by atoms with E-state index in [0.717, 1.165) is 29.3 Å². The van der Waals surface area contributed by atoms with E-state index in [1.807, 2.05) is 24.3 Å². The van der Waals surface area contributed by atoms with Gasteiger partial charge < -0.3 is 10.4 Å². The first-order valence-corrected chi connectivity index (χ1v) is 9.73. The summed E-state index contributed by atoms with van der Waals surface area (Å²) in [5, 5.41) is 14.5. The van der Waals surface area contributed by atoms with E-state index in [-0.39, 0.29) is 11.7 Å². The number of phenolic OH excluding ortho intramolecular Hbond substituents is 1. The largest absolute Gasteiger partial charge is 0.507 e. The minimum atomic E-state index is 0.0544. The molecule has 0 saturated carbocycles. The van der Waals surface area contributed by atoms with Crippen LogP contribution in [-0.4, -0.2) is 11.0 Å². The molecule has 0 fully saturated rings. The van der Waals surface area contributed by atoms with Crippen LogP contribution in [0, 0.1) is 0 Å². The van der Waals surface area contributed by atoms with Crippen molar-refractivity contribution in [2.75, 3.05) is 5.32 Å². The number of phenols is 1. The van der Waals surface area contributed by atoms with Crippen molar-refractivity contribution in [3.8, 4) is 5.75 Å². The van der Waals surface area contributed by atoms with Crippen LogP contribution in [0.4, 0.5) is 5.69 Å². The van der Waals surface area contributed by atoms with E-state index < -0.39 is 0 Å². The van der Waals surface area contributed by atoms with Gasteiger partial charge in [-0.2, -0.15) is 0 Å². The Hall–Kier alpha value is -2.03. The van der Waals surface area contributed by atoms with Gasteiger partial charge in [-0.15, -0.1) is 0 Å². The second-order valence-electron chi connectivity index (χ2n) is 6.80. The third-order valence-electron chi connectivity index (χ3n) is 4.68. The van der Waals surface area contributed by atoms with Gasteiger partial charge in [0.1, 0.15) is 5.75 Å². The molecule has 0 atom stereocenters. The molecule has 0 unspecified atom stereocenters. The molecule has 2 aromatic carbocycles. The molecule has 2 N–H and O–H groups in total. The molecule has 136 valence electrons. The molecule has 0 aliphatic carbocycles. The second kappa shape index (κ2) is 10.8. The fourth-order valence-corrected chi connectivity index (χ4v) is 3.21. The predicted molar refractivity (Wildman–Crippen MR) is 106 cm³/mol. The third kappa shape index (κ3) is 6.41. The van der Waals surface area contributed by atoms with Gasteiger partial charge in [0.15, 0.2) is 0 Å². The normalized spacial score (nSPS) is 10.9. The molecular weight excluding hydrogens is 310 g/mol. The summed E-state index contributed by atoms with van der Waals surface area (Å²) in [7, 11) is 0. The second-order valence-corrected chi connectivity index (χ2v) is 6.80. The molecule has 3 nitrogen and oxygen atoms in total. The van der Waals surface area contributed by atoms with Gasteiger partial charge in [0.05, 0.1) is 0 Å². The molecule has 0 spiro atoms. The van der Waals surface area contributed by atoms with Crippen LogP contribution >= 0.6 is 0 Å². The van der Waals surface area contributed by atoms with Crippen molar-refractivity contribution >= 4 is 22.4 Å². The van der Waals surface area contributed by atoms with Gasteiger partial charge in [-0.25, -0.2) is 0 Å². The summed E-state index contributed by atoms with van der Waals surface area (Å²) in [6, 6.07) is 11.0. The fourth-order valence-electron chi connectivity index (χ4n) is 3.21. The molecule has 0 bridgehead atoms. The predicted octanol–water partition coefficient (Wildman–Crippen LogP) is 6.40. The van der Waals surface area contributed by atoms with Crippen molar-refractivity contribution in [1.82, 2.24) is 0 Å². The van der Waals surface area contributed by atoms with Gasteiger partial charge in [-0.05, 0) is 18.6 Å². The number of fused-ring (bicyclic) bond motifs is 1. The molecule has 2 aromatic rings. The molecule has 3 heteroatoms. The minimum Gasteiger partial charge on any atom is -0.507 e. The summed E-state index contributed by atoms with van der Waals surface area (Å²) in [5.74, 6) is 0.298. The van der Waals surface area contributed by atoms with Crippen LogP contribution in [-0.2, 0) is 4.79 Å². The summed E-state index contributed by atoms with van der Waals surface area (Å²) in [5.41, 5.74) is 0.773. The lowest BCUT2D eigenvalue weighted by Crippen LogP contribution is -2.11. The number of carbonyl (C=O) groups is 1. The SMILES string of the molecule is CCCCCCCCCCCC(=O)Nc1cccc2c(O)cccc12. The Kier molecular flexibility index (Phi) is 8.30. The number of anilines is 1. The molecular formula is C22H31NO2. The highest BCUT2D eigenvalue weighted by Crippen LogP contribution is 2.29. The summed E-state index contributed by atoms with van der Waals surface area (Å²) in [6.45, 7) is 2.24. The average molecular weight is 341 g/mol. The molecule has 0 aromatic heterocycles. The molecule has 2 rings (SSSR count). The monoisotopic (exact) mass is 341 g/mol. The Balaban J connectivity index is 1.68. The van der Waals surface area contributed by atoms with Gasteiger partial charge in [-0.3, -0.25) is 4.79 Å². The maximum absolute atomic E-state index is 12.2. The Morgan fingerprint density at radius 2 is 1.44 bits per heavy atom. The lowest BCUT2D eigenvalue weighted by molar-refractivity contribution is -0.116. The van der Waals surface area contributed by atoms with Gasteiger partial charge in [0.2, 0.25) is 5.91 Å². The number of nitrogens with one attached hydrogen (secondary N) is 1. The van der Waals surface area contributed by atoms with Gasteiger partial charge in [-0.1, -0.05) is 82.6 Å². The summed E-state index contributed by atoms with van der Waals surface area (Å²) in [6.07, 6.45) is 11.8. The van der Waals surface area contributed by atoms with Crippen LogP contribution < -0.4 is 5.32 Å². The number of aromatic hydroxyl groups is 1. The maximum atomic E-state index is 12.2. The Morgan fingerprint density at radius 3 is 2.16 bits per heavy atom. The first-order chi connectivity index (χ1) is 12.2. The van der Waals surface area contributed by atoms with Crippen LogP contribution in [0.1, 0.15) is 71.1 Å². The molecule has 0 heterocycles. The van der Waals surface area contributed by atoms with Gasteiger partial charge >= 0.3 is 0 Å². The van der Waals surface area contributed by atoms with E-state index >= 15 is 0 Å². The molecule has 25 heavy (non-hydrogen) atoms. The number of hydrogen-bond donors (Lipinski definition) is 2. The highest BCUT2D eigenvalue weighted by atomic mass is 16.3. The zero-order chi connectivity index (χ0) is 17.9. The summed E-state index contributed by atoms with van der Waals surface area (Å²) < 4.78 is 0. The number of hydrogen-bond acceptors (Lipinski definition) is 2. The minimum absolute atomic E-state index is 0.0544. The lowest BCUT2D eigenvalue weighted by atomic mass is 10.1. The quantitative estimate of drug-likeness (QED) is 0.464. The third-order valence-corrected chi connectivity index (χ3v) is 4.68. The Morgan fingerprint density at radius 1 is 0.840 bits per heavy atom. The summed E-state index contributed by atoms with van der Waals surface area (Å²) >= 11 is 0. The van der Waals surface area contributed by atoms with Crippen molar-refractivity contribution < 1.29 is 9.90 Å². The summed E-state index contributed by atoms with van der Waals surface area (Å²) in [4.78, 5) is 12.2. The highest BCUT2D eigenvalue weighted by Gasteiger charge is 2.07. The smallest absolute Gasteiger partial charge is 0.224 e. The van der Waals surface area contributed by atoms with Crippen LogP contribution in [0.15, 0.2) is 36.4 Å². The van der Waals surface area contributed by atoms with Gasteiger partial charge in [0, 0.05) is 22.9 Å². The Labute approximate surface area is 151 Å². The number of amides is 1. The van der Waals surface area contributed by atoms with Crippen LogP contribution in [0.3, 0.4) is 0 Å². The number of rotatable bonds is 11. The van der Waals surface area contributed by atoms with Gasteiger partial charge in [0.25, 0.3) is 0 Å². The average Bonchev–Trinajstić information content (AvgIpc) is 2.61. The first kappa shape index (κ1) is 19.3. The van der Waals surface area contributed by atoms with E-state index in [2.05, 4.69) is 12.2 Å². The maximum Gasteiger partial charge on any atom is 0.224 e. The van der Waals surface area contributed by atoms with E-state index in [1.54, 1.807) is 12.1 Å². The highest BCUT2D eigenvalue weighted by molar-refractivity contribution is 6.03. The molecule has 0 aliphatic rings. The van der Waals surface area contributed by atoms with Crippen molar-refractivity contribution in [3.63, 3.8) is 0 Å². The number of carbonyl (C=O) groups excluding carboxylic acids is 1. The number of benzene rings is 2. The van der Waals surface area contributed by atoms with Crippen molar-refractivity contribution in [3.05, 3.63) is 36.4 Å². The van der Waals surface area contributed by atoms with Crippen LogP contribution in [0.5, 0.6) is 5.75 Å². The molecule has 0 aliphatic heterocycles. The van der Waals surface area contributed by atoms with Crippen LogP contribution in [0.2, 0.25) is 0 Å². The van der Waals surface area contributed by atoms with E-state index in [9.17, 15) is 9.90 Å². The van der Waals surface area contributed by atoms with E-state index in [0.29, 0.717) is 6.42 Å². The molecule has 0 saturated heterocycles. The van der Waals surface area contributed by atoms with Crippen molar-refractivity contribution in [2.45, 2.75) is 71.1 Å². The Bertz CT molecular complexity index is 666. The lowest BCUT2D eigenvalue weighted by Gasteiger charge is -2.09. The molecule has 1 amide bonds. The number of unbranched alkanes of at least 4 members (excludes halogenated alkanes) is 8.